The zero-order chi connectivity index (χ0) is 15.6. The fourth-order valence-corrected chi connectivity index (χ4v) is 3.56. The zero-order valence-corrected chi connectivity index (χ0v) is 12.7. The van der Waals surface area contributed by atoms with Crippen molar-refractivity contribution >= 4 is 15.8 Å². The summed E-state index contributed by atoms with van der Waals surface area (Å²) in [5, 5.41) is 0. The first-order valence-electron chi connectivity index (χ1n) is 6.14. The van der Waals surface area contributed by atoms with Gasteiger partial charge in [0.15, 0.2) is 0 Å². The Kier molecular flexibility index (Phi) is 4.13. The topological polar surface area (TPSA) is 68.3 Å². The number of pyridine rings is 1. The summed E-state index contributed by atoms with van der Waals surface area (Å²) >= 11 is 0. The van der Waals surface area contributed by atoms with Crippen LogP contribution >= 0.6 is 0 Å². The molecule has 0 fully saturated rings. The molecule has 2 aromatic rings. The van der Waals surface area contributed by atoms with E-state index in [1.165, 1.54) is 19.2 Å². The van der Waals surface area contributed by atoms with Crippen LogP contribution in [0.4, 0.5) is 10.2 Å². The Morgan fingerprint density at radius 3 is 2.33 bits per heavy atom. The Morgan fingerprint density at radius 1 is 1.19 bits per heavy atom. The van der Waals surface area contributed by atoms with Crippen LogP contribution in [0.15, 0.2) is 35.2 Å². The monoisotopic (exact) mass is 310 g/mol. The van der Waals surface area contributed by atoms with Crippen LogP contribution in [0, 0.1) is 19.8 Å². The number of hydrogen-bond acceptors (Lipinski definition) is 4. The van der Waals surface area contributed by atoms with E-state index in [0.717, 1.165) is 6.07 Å². The van der Waals surface area contributed by atoms with Gasteiger partial charge in [0.25, 0.3) is 10.0 Å². The molecular weight excluding hydrogens is 295 g/mol. The van der Waals surface area contributed by atoms with Gasteiger partial charge in [0, 0.05) is 0 Å². The van der Waals surface area contributed by atoms with Crippen molar-refractivity contribution in [3.05, 3.63) is 47.4 Å². The van der Waals surface area contributed by atoms with Crippen LogP contribution in [0.5, 0.6) is 5.75 Å². The summed E-state index contributed by atoms with van der Waals surface area (Å²) in [7, 11) is -2.34. The Balaban J connectivity index is 2.45. The number of ether oxygens (including phenoxy) is 1. The van der Waals surface area contributed by atoms with Crippen molar-refractivity contribution in [3.8, 4) is 5.75 Å². The third kappa shape index (κ3) is 3.30. The van der Waals surface area contributed by atoms with Crippen molar-refractivity contribution in [2.75, 3.05) is 11.8 Å². The fourth-order valence-electron chi connectivity index (χ4n) is 2.11. The first-order chi connectivity index (χ1) is 9.83. The maximum atomic E-state index is 13.0. The average Bonchev–Trinajstić information content (AvgIpc) is 2.36. The molecule has 0 aliphatic carbocycles. The van der Waals surface area contributed by atoms with E-state index in [1.807, 2.05) is 0 Å². The number of hydrogen-bond donors (Lipinski definition) is 1. The lowest BCUT2D eigenvalue weighted by molar-refractivity contribution is 0.413. The summed E-state index contributed by atoms with van der Waals surface area (Å²) < 4.78 is 45.3. The van der Waals surface area contributed by atoms with Gasteiger partial charge < -0.3 is 4.74 Å². The molecule has 0 atom stereocenters. The maximum Gasteiger partial charge on any atom is 0.263 e. The van der Waals surface area contributed by atoms with Crippen molar-refractivity contribution in [2.45, 2.75) is 18.7 Å². The van der Waals surface area contributed by atoms with Crippen LogP contribution in [-0.2, 0) is 10.0 Å². The standard InChI is InChI=1S/C14H15FN2O3S/c1-9-7-11(20-3)8-10(2)14(9)21(18,19)17-13-6-4-5-12(15)16-13/h4-8H,1-3H3,(H,16,17). The lowest BCUT2D eigenvalue weighted by Gasteiger charge is -2.13. The molecule has 0 saturated heterocycles. The molecule has 0 unspecified atom stereocenters. The second kappa shape index (κ2) is 5.69. The van der Waals surface area contributed by atoms with Gasteiger partial charge in [0.2, 0.25) is 5.95 Å². The van der Waals surface area contributed by atoms with E-state index in [4.69, 9.17) is 4.74 Å². The lowest BCUT2D eigenvalue weighted by atomic mass is 10.1. The van der Waals surface area contributed by atoms with Crippen molar-refractivity contribution in [2.24, 2.45) is 0 Å². The van der Waals surface area contributed by atoms with E-state index in [1.54, 1.807) is 26.0 Å². The number of rotatable bonds is 4. The van der Waals surface area contributed by atoms with Crippen molar-refractivity contribution < 1.29 is 17.5 Å². The second-order valence-corrected chi connectivity index (χ2v) is 6.16. The molecule has 1 heterocycles. The van der Waals surface area contributed by atoms with Crippen molar-refractivity contribution in [1.82, 2.24) is 4.98 Å². The minimum Gasteiger partial charge on any atom is -0.497 e. The molecule has 0 amide bonds. The Morgan fingerprint density at radius 2 is 1.81 bits per heavy atom. The van der Waals surface area contributed by atoms with Gasteiger partial charge in [-0.05, 0) is 49.2 Å². The number of anilines is 1. The van der Waals surface area contributed by atoms with E-state index in [9.17, 15) is 12.8 Å². The van der Waals surface area contributed by atoms with E-state index >= 15 is 0 Å². The highest BCUT2D eigenvalue weighted by atomic mass is 32.2. The summed E-state index contributed by atoms with van der Waals surface area (Å²) in [6.07, 6.45) is 0. The number of methoxy groups -OCH3 is 1. The van der Waals surface area contributed by atoms with E-state index < -0.39 is 16.0 Å². The molecule has 0 spiro atoms. The summed E-state index contributed by atoms with van der Waals surface area (Å²) in [6, 6.07) is 7.16. The smallest absolute Gasteiger partial charge is 0.263 e. The van der Waals surface area contributed by atoms with Crippen molar-refractivity contribution in [1.29, 1.82) is 0 Å². The molecule has 21 heavy (non-hydrogen) atoms. The summed E-state index contributed by atoms with van der Waals surface area (Å²) in [5.41, 5.74) is 1.08. The summed E-state index contributed by atoms with van der Waals surface area (Å²) in [4.78, 5) is 3.63. The third-order valence-electron chi connectivity index (χ3n) is 2.89. The zero-order valence-electron chi connectivity index (χ0n) is 11.8. The molecule has 112 valence electrons. The third-order valence-corrected chi connectivity index (χ3v) is 4.55. The van der Waals surface area contributed by atoms with Crippen LogP contribution in [0.1, 0.15) is 11.1 Å². The molecule has 2 rings (SSSR count). The van der Waals surface area contributed by atoms with Crippen LogP contribution in [0.3, 0.4) is 0 Å². The van der Waals surface area contributed by atoms with Crippen LogP contribution in [0.2, 0.25) is 0 Å². The first-order valence-corrected chi connectivity index (χ1v) is 7.62. The molecule has 0 saturated carbocycles. The van der Waals surface area contributed by atoms with Gasteiger partial charge >= 0.3 is 0 Å². The molecule has 0 bridgehead atoms. The highest BCUT2D eigenvalue weighted by molar-refractivity contribution is 7.92. The van der Waals surface area contributed by atoms with Gasteiger partial charge in [-0.3, -0.25) is 4.72 Å². The maximum absolute atomic E-state index is 13.0. The van der Waals surface area contributed by atoms with Gasteiger partial charge in [-0.25, -0.2) is 13.4 Å². The van der Waals surface area contributed by atoms with Gasteiger partial charge in [0.1, 0.15) is 11.6 Å². The summed E-state index contributed by atoms with van der Waals surface area (Å²) in [6.45, 7) is 3.34. The van der Waals surface area contributed by atoms with Crippen LogP contribution in [-0.4, -0.2) is 20.5 Å². The summed E-state index contributed by atoms with van der Waals surface area (Å²) in [5.74, 6) is -0.240. The van der Waals surface area contributed by atoms with E-state index in [0.29, 0.717) is 16.9 Å². The Bertz CT molecular complexity index is 753. The van der Waals surface area contributed by atoms with Crippen LogP contribution in [0.25, 0.3) is 0 Å². The van der Waals surface area contributed by atoms with Crippen molar-refractivity contribution in [3.63, 3.8) is 0 Å². The predicted molar refractivity (Wildman–Crippen MR) is 77.5 cm³/mol. The molecule has 0 radical (unpaired) electrons. The Labute approximate surface area is 122 Å². The highest BCUT2D eigenvalue weighted by Crippen LogP contribution is 2.27. The van der Waals surface area contributed by atoms with E-state index in [2.05, 4.69) is 9.71 Å². The fraction of sp³-hybridized carbons (Fsp3) is 0.214. The quantitative estimate of drug-likeness (QED) is 0.882. The number of aromatic nitrogens is 1. The SMILES string of the molecule is COc1cc(C)c(S(=O)(=O)Nc2cccc(F)n2)c(C)c1. The number of aryl methyl sites for hydroxylation is 2. The Hall–Kier alpha value is -2.15. The highest BCUT2D eigenvalue weighted by Gasteiger charge is 2.21. The minimum atomic E-state index is -3.85. The molecule has 0 aliphatic heterocycles. The normalized spacial score (nSPS) is 11.2. The lowest BCUT2D eigenvalue weighted by Crippen LogP contribution is -2.16. The van der Waals surface area contributed by atoms with Gasteiger partial charge in [-0.1, -0.05) is 6.07 Å². The minimum absolute atomic E-state index is 0.0652. The molecule has 7 heteroatoms. The second-order valence-electron chi connectivity index (χ2n) is 4.54. The van der Waals surface area contributed by atoms with Gasteiger partial charge in [-0.15, -0.1) is 0 Å². The molecule has 5 nitrogen and oxygen atoms in total. The largest absolute Gasteiger partial charge is 0.497 e. The number of nitrogens with zero attached hydrogens (tertiary/aromatic N) is 1. The number of halogens is 1. The van der Waals surface area contributed by atoms with Gasteiger partial charge in [-0.2, -0.15) is 4.39 Å². The molecule has 1 aromatic heterocycles. The molecule has 0 aliphatic rings. The number of nitrogens with one attached hydrogen (secondary N) is 1. The van der Waals surface area contributed by atoms with E-state index in [-0.39, 0.29) is 10.7 Å². The number of sulfonamides is 1. The predicted octanol–water partition coefficient (Wildman–Crippen LogP) is 2.65. The number of benzene rings is 1. The average molecular weight is 310 g/mol. The van der Waals surface area contributed by atoms with Crippen LogP contribution < -0.4 is 9.46 Å². The molecule has 1 aromatic carbocycles. The molecule has 1 N–H and O–H groups in total. The van der Waals surface area contributed by atoms with Gasteiger partial charge in [0.05, 0.1) is 12.0 Å². The molecular formula is C14H15FN2O3S. The first kappa shape index (κ1) is 15.2.